The number of rotatable bonds is 4. The molecule has 7 heteroatoms. The Morgan fingerprint density at radius 2 is 1.76 bits per heavy atom. The van der Waals surface area contributed by atoms with E-state index >= 15 is 0 Å². The number of hydrogen-bond donors (Lipinski definition) is 2. The first-order valence-corrected chi connectivity index (χ1v) is 8.26. The normalized spacial score (nSPS) is 11.1. The molecule has 0 bridgehead atoms. The molecule has 2 rings (SSSR count). The van der Waals surface area contributed by atoms with E-state index in [1.54, 1.807) is 12.1 Å². The minimum absolute atomic E-state index is 0.169. The van der Waals surface area contributed by atoms with Gasteiger partial charge in [-0.25, -0.2) is 8.42 Å². The van der Waals surface area contributed by atoms with E-state index in [1.807, 2.05) is 6.92 Å². The first kappa shape index (κ1) is 15.5. The molecule has 0 aliphatic heterocycles. The first-order valence-electron chi connectivity index (χ1n) is 5.98. The van der Waals surface area contributed by atoms with Crippen molar-refractivity contribution in [2.75, 3.05) is 4.72 Å². The van der Waals surface area contributed by atoms with Gasteiger partial charge in [0.1, 0.15) is 0 Å². The first-order chi connectivity index (χ1) is 9.79. The molecule has 0 saturated carbocycles. The Bertz CT molecular complexity index is 786. The molecule has 0 unspecified atom stereocenters. The molecule has 0 radical (unpaired) electrons. The van der Waals surface area contributed by atoms with E-state index in [9.17, 15) is 13.2 Å². The van der Waals surface area contributed by atoms with Crippen molar-refractivity contribution in [2.45, 2.75) is 11.8 Å². The summed E-state index contributed by atoms with van der Waals surface area (Å²) in [6.07, 6.45) is 0. The number of nitrogens with one attached hydrogen (secondary N) is 1. The molecule has 0 atom stereocenters. The second kappa shape index (κ2) is 5.87. The molecule has 2 aromatic carbocycles. The van der Waals surface area contributed by atoms with E-state index < -0.39 is 15.9 Å². The van der Waals surface area contributed by atoms with Crippen LogP contribution in [0.15, 0.2) is 51.8 Å². The van der Waals surface area contributed by atoms with Gasteiger partial charge in [0.05, 0.1) is 4.90 Å². The van der Waals surface area contributed by atoms with E-state index in [2.05, 4.69) is 20.7 Å². The SMILES string of the molecule is Cc1cc(S(=O)(=O)Nc2ccc(C(N)=O)cc2)ccc1Br. The quantitative estimate of drug-likeness (QED) is 0.868. The zero-order chi connectivity index (χ0) is 15.6. The number of aryl methyl sites for hydroxylation is 1. The average Bonchev–Trinajstić information content (AvgIpc) is 2.42. The Morgan fingerprint density at radius 1 is 1.14 bits per heavy atom. The summed E-state index contributed by atoms with van der Waals surface area (Å²) in [7, 11) is -3.67. The van der Waals surface area contributed by atoms with Crippen molar-refractivity contribution in [3.63, 3.8) is 0 Å². The van der Waals surface area contributed by atoms with Crippen molar-refractivity contribution in [3.05, 3.63) is 58.1 Å². The fourth-order valence-electron chi connectivity index (χ4n) is 1.70. The topological polar surface area (TPSA) is 89.3 Å². The number of amides is 1. The number of nitrogens with two attached hydrogens (primary N) is 1. The Balaban J connectivity index is 2.28. The maximum absolute atomic E-state index is 12.3. The van der Waals surface area contributed by atoms with Crippen molar-refractivity contribution in [1.82, 2.24) is 0 Å². The minimum atomic E-state index is -3.67. The van der Waals surface area contributed by atoms with Crippen LogP contribution in [0.25, 0.3) is 0 Å². The largest absolute Gasteiger partial charge is 0.366 e. The van der Waals surface area contributed by atoms with Crippen LogP contribution in [0.4, 0.5) is 5.69 Å². The fourth-order valence-corrected chi connectivity index (χ4v) is 3.09. The van der Waals surface area contributed by atoms with Gasteiger partial charge >= 0.3 is 0 Å². The molecule has 1 amide bonds. The van der Waals surface area contributed by atoms with Crippen LogP contribution in [0.5, 0.6) is 0 Å². The standard InChI is InChI=1S/C14H13BrN2O3S/c1-9-8-12(6-7-13(9)15)21(19,20)17-11-4-2-10(3-5-11)14(16)18/h2-8,17H,1H3,(H2,16,18). The lowest BCUT2D eigenvalue weighted by molar-refractivity contribution is 0.100. The van der Waals surface area contributed by atoms with Gasteiger partial charge in [-0.05, 0) is 55.0 Å². The van der Waals surface area contributed by atoms with Gasteiger partial charge in [-0.2, -0.15) is 0 Å². The predicted molar refractivity (Wildman–Crippen MR) is 84.6 cm³/mol. The molecule has 0 saturated heterocycles. The van der Waals surface area contributed by atoms with Crippen LogP contribution < -0.4 is 10.5 Å². The molecule has 110 valence electrons. The third-order valence-corrected chi connectivity index (χ3v) is 5.13. The van der Waals surface area contributed by atoms with E-state index in [0.717, 1.165) is 10.0 Å². The molecule has 0 aliphatic rings. The maximum Gasteiger partial charge on any atom is 0.261 e. The van der Waals surface area contributed by atoms with Gasteiger partial charge in [0.2, 0.25) is 5.91 Å². The van der Waals surface area contributed by atoms with Gasteiger partial charge in [-0.3, -0.25) is 9.52 Å². The second-order valence-corrected chi connectivity index (χ2v) is 6.99. The maximum atomic E-state index is 12.3. The van der Waals surface area contributed by atoms with Gasteiger partial charge in [0.15, 0.2) is 0 Å². The number of primary amides is 1. The predicted octanol–water partition coefficient (Wildman–Crippen LogP) is 2.66. The highest BCUT2D eigenvalue weighted by Crippen LogP contribution is 2.22. The van der Waals surface area contributed by atoms with Crippen LogP contribution in [0.3, 0.4) is 0 Å². The van der Waals surface area contributed by atoms with Crippen LogP contribution in [-0.2, 0) is 10.0 Å². The summed E-state index contributed by atoms with van der Waals surface area (Å²) in [4.78, 5) is 11.1. The molecule has 5 nitrogen and oxygen atoms in total. The highest BCUT2D eigenvalue weighted by Gasteiger charge is 2.15. The van der Waals surface area contributed by atoms with Crippen molar-refractivity contribution in [1.29, 1.82) is 0 Å². The Morgan fingerprint density at radius 3 is 2.29 bits per heavy atom. The third kappa shape index (κ3) is 3.62. The second-order valence-electron chi connectivity index (χ2n) is 4.46. The van der Waals surface area contributed by atoms with Crippen molar-refractivity contribution < 1.29 is 13.2 Å². The summed E-state index contributed by atoms with van der Waals surface area (Å²) in [6.45, 7) is 1.81. The molecule has 0 fully saturated rings. The monoisotopic (exact) mass is 368 g/mol. The summed E-state index contributed by atoms with van der Waals surface area (Å²) < 4.78 is 27.8. The summed E-state index contributed by atoms with van der Waals surface area (Å²) in [6, 6.07) is 10.7. The van der Waals surface area contributed by atoms with E-state index in [1.165, 1.54) is 30.3 Å². The summed E-state index contributed by atoms with van der Waals surface area (Å²) in [5, 5.41) is 0. The molecule has 0 heterocycles. The number of sulfonamides is 1. The van der Waals surface area contributed by atoms with Gasteiger partial charge in [-0.1, -0.05) is 15.9 Å². The number of carbonyl (C=O) groups excluding carboxylic acids is 1. The lowest BCUT2D eigenvalue weighted by atomic mass is 10.2. The summed E-state index contributed by atoms with van der Waals surface area (Å²) in [5.74, 6) is -0.562. The van der Waals surface area contributed by atoms with Crippen LogP contribution in [0.1, 0.15) is 15.9 Å². The van der Waals surface area contributed by atoms with Crippen molar-refractivity contribution in [3.8, 4) is 0 Å². The van der Waals surface area contributed by atoms with Gasteiger partial charge in [0.25, 0.3) is 10.0 Å². The highest BCUT2D eigenvalue weighted by molar-refractivity contribution is 9.10. The Hall–Kier alpha value is -1.86. The van der Waals surface area contributed by atoms with Crippen LogP contribution in [0.2, 0.25) is 0 Å². The van der Waals surface area contributed by atoms with Crippen molar-refractivity contribution >= 4 is 37.5 Å². The molecular weight excluding hydrogens is 356 g/mol. The fraction of sp³-hybridized carbons (Fsp3) is 0.0714. The van der Waals surface area contributed by atoms with E-state index in [4.69, 9.17) is 5.73 Å². The molecule has 3 N–H and O–H groups in total. The van der Waals surface area contributed by atoms with Crippen LogP contribution in [-0.4, -0.2) is 14.3 Å². The molecule has 0 spiro atoms. The average molecular weight is 369 g/mol. The lowest BCUT2D eigenvalue weighted by Gasteiger charge is -2.09. The smallest absolute Gasteiger partial charge is 0.261 e. The Kier molecular flexibility index (Phi) is 4.34. The van der Waals surface area contributed by atoms with Crippen LogP contribution >= 0.6 is 15.9 Å². The molecule has 21 heavy (non-hydrogen) atoms. The number of halogens is 1. The van der Waals surface area contributed by atoms with Crippen molar-refractivity contribution in [2.24, 2.45) is 5.73 Å². The Labute approximate surface area is 131 Å². The number of hydrogen-bond acceptors (Lipinski definition) is 3. The zero-order valence-electron chi connectivity index (χ0n) is 11.1. The number of carbonyl (C=O) groups is 1. The van der Waals surface area contributed by atoms with Gasteiger partial charge < -0.3 is 5.73 Å². The van der Waals surface area contributed by atoms with Gasteiger partial charge in [0, 0.05) is 15.7 Å². The lowest BCUT2D eigenvalue weighted by Crippen LogP contribution is -2.14. The molecule has 0 aliphatic carbocycles. The van der Waals surface area contributed by atoms with E-state index in [0.29, 0.717) is 11.3 Å². The zero-order valence-corrected chi connectivity index (χ0v) is 13.5. The molecular formula is C14H13BrN2O3S. The number of anilines is 1. The van der Waals surface area contributed by atoms with Gasteiger partial charge in [-0.15, -0.1) is 0 Å². The molecule has 0 aromatic heterocycles. The highest BCUT2D eigenvalue weighted by atomic mass is 79.9. The third-order valence-electron chi connectivity index (χ3n) is 2.86. The number of benzene rings is 2. The van der Waals surface area contributed by atoms with E-state index in [-0.39, 0.29) is 4.90 Å². The van der Waals surface area contributed by atoms with Crippen LogP contribution in [0, 0.1) is 6.92 Å². The minimum Gasteiger partial charge on any atom is -0.366 e. The molecule has 2 aromatic rings. The summed E-state index contributed by atoms with van der Waals surface area (Å²) in [5.41, 5.74) is 6.63. The summed E-state index contributed by atoms with van der Waals surface area (Å²) >= 11 is 3.33.